The van der Waals surface area contributed by atoms with Gasteiger partial charge in [0.1, 0.15) is 0 Å². The Morgan fingerprint density at radius 3 is 2.53 bits per heavy atom. The van der Waals surface area contributed by atoms with Gasteiger partial charge in [-0.05, 0) is 35.4 Å². The van der Waals surface area contributed by atoms with Crippen molar-refractivity contribution < 1.29 is 4.92 Å². The van der Waals surface area contributed by atoms with Crippen molar-refractivity contribution in [1.29, 1.82) is 5.26 Å². The minimum Gasteiger partial charge on any atom is -0.258 e. The van der Waals surface area contributed by atoms with E-state index in [-0.39, 0.29) is 5.69 Å². The van der Waals surface area contributed by atoms with Crippen molar-refractivity contribution in [2.24, 2.45) is 0 Å². The molecule has 0 aromatic heterocycles. The summed E-state index contributed by atoms with van der Waals surface area (Å²) in [4.78, 5) is 10.1. The fourth-order valence-electron chi connectivity index (χ4n) is 1.54. The Morgan fingerprint density at radius 1 is 1.24 bits per heavy atom. The Bertz CT molecular complexity index is 598. The Kier molecular flexibility index (Phi) is 2.84. The number of non-ortho nitro benzene ring substituents is 1. The number of nitro groups is 1. The molecule has 4 nitrogen and oxygen atoms in total. The predicted octanol–water partition coefficient (Wildman–Crippen LogP) is 2.93. The Labute approximate surface area is 97.9 Å². The topological polar surface area (TPSA) is 66.9 Å². The Morgan fingerprint density at radius 2 is 1.94 bits per heavy atom. The number of nitrogens with zero attached hydrogens (tertiary/aromatic N) is 2. The van der Waals surface area contributed by atoms with Gasteiger partial charge in [-0.25, -0.2) is 0 Å². The first kappa shape index (κ1) is 10.8. The third-order valence-electron chi connectivity index (χ3n) is 2.37. The minimum atomic E-state index is -0.451. The summed E-state index contributed by atoms with van der Waals surface area (Å²) >= 11 is 0. The van der Waals surface area contributed by atoms with Gasteiger partial charge in [-0.15, -0.1) is 0 Å². The predicted molar refractivity (Wildman–Crippen MR) is 62.1 cm³/mol. The molecule has 2 rings (SSSR count). The molecule has 1 radical (unpaired) electrons. The van der Waals surface area contributed by atoms with Gasteiger partial charge in [0.2, 0.25) is 0 Å². The smallest absolute Gasteiger partial charge is 0.258 e. The molecule has 0 bridgehead atoms. The molecule has 0 saturated carbocycles. The van der Waals surface area contributed by atoms with E-state index in [1.165, 1.54) is 12.1 Å². The van der Waals surface area contributed by atoms with Gasteiger partial charge < -0.3 is 0 Å². The van der Waals surface area contributed by atoms with E-state index in [0.29, 0.717) is 5.56 Å². The number of benzene rings is 2. The van der Waals surface area contributed by atoms with Gasteiger partial charge in [-0.1, -0.05) is 12.1 Å². The van der Waals surface area contributed by atoms with Crippen molar-refractivity contribution in [2.45, 2.75) is 0 Å². The zero-order valence-corrected chi connectivity index (χ0v) is 8.75. The zero-order chi connectivity index (χ0) is 12.3. The first-order valence-corrected chi connectivity index (χ1v) is 4.87. The molecule has 0 spiro atoms. The second-order valence-electron chi connectivity index (χ2n) is 3.39. The number of nitriles is 1. The van der Waals surface area contributed by atoms with Crippen LogP contribution in [-0.4, -0.2) is 4.92 Å². The van der Waals surface area contributed by atoms with Crippen LogP contribution in [0.3, 0.4) is 0 Å². The molecule has 0 atom stereocenters. The first-order chi connectivity index (χ1) is 8.22. The normalized spacial score (nSPS) is 9.59. The van der Waals surface area contributed by atoms with Crippen LogP contribution in [0.15, 0.2) is 42.5 Å². The van der Waals surface area contributed by atoms with Crippen molar-refractivity contribution >= 4 is 5.69 Å². The molecule has 2 aromatic carbocycles. The molecule has 0 unspecified atom stereocenters. The lowest BCUT2D eigenvalue weighted by Gasteiger charge is -2.02. The van der Waals surface area contributed by atoms with Crippen LogP contribution in [0.1, 0.15) is 5.56 Å². The largest absolute Gasteiger partial charge is 0.269 e. The molecule has 0 saturated heterocycles. The molecule has 81 valence electrons. The molecule has 0 aliphatic heterocycles. The van der Waals surface area contributed by atoms with Crippen LogP contribution < -0.4 is 0 Å². The molecule has 4 heteroatoms. The summed E-state index contributed by atoms with van der Waals surface area (Å²) in [5.41, 5.74) is 2.07. The van der Waals surface area contributed by atoms with Crippen LogP contribution in [0.5, 0.6) is 0 Å². The highest BCUT2D eigenvalue weighted by atomic mass is 16.6. The molecule has 0 aliphatic carbocycles. The highest BCUT2D eigenvalue weighted by Crippen LogP contribution is 2.24. The van der Waals surface area contributed by atoms with Crippen LogP contribution in [0, 0.1) is 27.5 Å². The monoisotopic (exact) mass is 223 g/mol. The highest BCUT2D eigenvalue weighted by molar-refractivity contribution is 5.71. The maximum atomic E-state index is 10.5. The van der Waals surface area contributed by atoms with Gasteiger partial charge in [-0.3, -0.25) is 10.1 Å². The fraction of sp³-hybridized carbons (Fsp3) is 0. The van der Waals surface area contributed by atoms with Crippen molar-refractivity contribution in [1.82, 2.24) is 0 Å². The average Bonchev–Trinajstić information content (AvgIpc) is 2.39. The lowest BCUT2D eigenvalue weighted by atomic mass is 10.0. The van der Waals surface area contributed by atoms with Gasteiger partial charge in [-0.2, -0.15) is 5.26 Å². The zero-order valence-electron chi connectivity index (χ0n) is 8.75. The number of hydrogen-bond donors (Lipinski definition) is 0. The summed E-state index contributed by atoms with van der Waals surface area (Å²) in [5, 5.41) is 19.5. The third kappa shape index (κ3) is 2.13. The molecule has 0 aliphatic rings. The summed E-state index contributed by atoms with van der Waals surface area (Å²) in [6.45, 7) is 0. The molecular formula is C13H7N2O2. The van der Waals surface area contributed by atoms with Gasteiger partial charge in [0, 0.05) is 12.1 Å². The van der Waals surface area contributed by atoms with E-state index in [1.54, 1.807) is 30.3 Å². The quantitative estimate of drug-likeness (QED) is 0.580. The van der Waals surface area contributed by atoms with Crippen molar-refractivity contribution in [3.8, 4) is 17.2 Å². The molecule has 0 heterocycles. The second-order valence-corrected chi connectivity index (χ2v) is 3.39. The van der Waals surface area contributed by atoms with E-state index in [4.69, 9.17) is 5.26 Å². The molecule has 17 heavy (non-hydrogen) atoms. The lowest BCUT2D eigenvalue weighted by molar-refractivity contribution is -0.384. The molecule has 0 fully saturated rings. The van der Waals surface area contributed by atoms with E-state index < -0.39 is 4.92 Å². The Hall–Kier alpha value is -2.67. The molecular weight excluding hydrogens is 216 g/mol. The van der Waals surface area contributed by atoms with Gasteiger partial charge in [0.05, 0.1) is 16.6 Å². The van der Waals surface area contributed by atoms with Crippen LogP contribution >= 0.6 is 0 Å². The van der Waals surface area contributed by atoms with Crippen molar-refractivity contribution in [3.05, 3.63) is 64.2 Å². The highest BCUT2D eigenvalue weighted by Gasteiger charge is 2.07. The maximum absolute atomic E-state index is 10.5. The van der Waals surface area contributed by atoms with Crippen LogP contribution in [-0.2, 0) is 0 Å². The number of nitro benzene ring substituents is 1. The number of rotatable bonds is 2. The van der Waals surface area contributed by atoms with Gasteiger partial charge in [0.25, 0.3) is 5.69 Å². The third-order valence-corrected chi connectivity index (χ3v) is 2.37. The second kappa shape index (κ2) is 4.45. The Balaban J connectivity index is 2.47. The first-order valence-electron chi connectivity index (χ1n) is 4.87. The fourth-order valence-corrected chi connectivity index (χ4v) is 1.54. The number of hydrogen-bond acceptors (Lipinski definition) is 3. The summed E-state index contributed by atoms with van der Waals surface area (Å²) in [5.74, 6) is 0. The van der Waals surface area contributed by atoms with E-state index in [1.807, 2.05) is 0 Å². The van der Waals surface area contributed by atoms with Crippen LogP contribution in [0.25, 0.3) is 11.1 Å². The summed E-state index contributed by atoms with van der Waals surface area (Å²) in [7, 11) is 0. The average molecular weight is 223 g/mol. The lowest BCUT2D eigenvalue weighted by Crippen LogP contribution is -1.88. The van der Waals surface area contributed by atoms with Crippen molar-refractivity contribution in [3.63, 3.8) is 0 Å². The van der Waals surface area contributed by atoms with E-state index in [2.05, 4.69) is 12.1 Å². The summed E-state index contributed by atoms with van der Waals surface area (Å²) < 4.78 is 0. The van der Waals surface area contributed by atoms with Gasteiger partial charge in [0.15, 0.2) is 0 Å². The van der Waals surface area contributed by atoms with Crippen LogP contribution in [0.4, 0.5) is 5.69 Å². The van der Waals surface area contributed by atoms with Crippen molar-refractivity contribution in [2.75, 3.05) is 0 Å². The van der Waals surface area contributed by atoms with E-state index in [0.717, 1.165) is 11.1 Å². The standard InChI is InChI=1S/C13H7N2O2/c14-9-11-3-1-2-4-13(11)10-5-7-12(8-6-10)15(16)17/h2-8H. The van der Waals surface area contributed by atoms with Gasteiger partial charge >= 0.3 is 0 Å². The summed E-state index contributed by atoms with van der Waals surface area (Å²) in [6, 6.07) is 16.1. The van der Waals surface area contributed by atoms with E-state index in [9.17, 15) is 10.1 Å². The van der Waals surface area contributed by atoms with Crippen LogP contribution in [0.2, 0.25) is 0 Å². The summed E-state index contributed by atoms with van der Waals surface area (Å²) in [6.07, 6.45) is 0. The maximum Gasteiger partial charge on any atom is 0.269 e. The molecule has 2 aromatic rings. The van der Waals surface area contributed by atoms with E-state index >= 15 is 0 Å². The SMILES string of the molecule is N#Cc1c[c]ccc1-c1ccc([N+](=O)[O-])cc1. The molecule has 0 amide bonds. The minimum absolute atomic E-state index is 0.0368. The molecule has 0 N–H and O–H groups in total.